The number of hydrogen-bond donors (Lipinski definition) is 0. The Kier molecular flexibility index (Phi) is 6.88. The van der Waals surface area contributed by atoms with E-state index in [-0.39, 0.29) is 0 Å². The van der Waals surface area contributed by atoms with E-state index in [4.69, 9.17) is 0 Å². The smallest absolute Gasteiger partial charge is 0.222 e. The number of amides is 1. The van der Waals surface area contributed by atoms with Crippen LogP contribution in [0, 0.1) is 0 Å². The molecule has 0 aliphatic carbocycles. The largest absolute Gasteiger partial charge is 0.341 e. The van der Waals surface area contributed by atoms with Crippen LogP contribution in [-0.4, -0.2) is 65.9 Å². The molecular weight excluding hydrogens is 310 g/mol. The molecule has 2 aliphatic heterocycles. The predicted octanol–water partition coefficient (Wildman–Crippen LogP) is 2.99. The third kappa shape index (κ3) is 5.29. The molecule has 1 amide bonds. The van der Waals surface area contributed by atoms with E-state index in [0.717, 1.165) is 52.1 Å². The molecule has 2 aliphatic rings. The molecule has 1 aromatic carbocycles. The maximum Gasteiger partial charge on any atom is 0.222 e. The summed E-state index contributed by atoms with van der Waals surface area (Å²) in [7, 11) is 0. The lowest BCUT2D eigenvalue weighted by molar-refractivity contribution is -0.128. The van der Waals surface area contributed by atoms with E-state index in [1.165, 1.54) is 31.4 Å². The van der Waals surface area contributed by atoms with Crippen LogP contribution >= 0.6 is 0 Å². The highest BCUT2D eigenvalue weighted by Gasteiger charge is 2.26. The van der Waals surface area contributed by atoms with Gasteiger partial charge in [0.05, 0.1) is 0 Å². The van der Waals surface area contributed by atoms with Crippen molar-refractivity contribution < 1.29 is 4.79 Å². The van der Waals surface area contributed by atoms with Gasteiger partial charge < -0.3 is 4.90 Å². The summed E-state index contributed by atoms with van der Waals surface area (Å²) in [5, 5.41) is 0. The molecule has 138 valence electrons. The Morgan fingerprint density at radius 2 is 1.96 bits per heavy atom. The summed E-state index contributed by atoms with van der Waals surface area (Å²) in [6, 6.07) is 11.4. The monoisotopic (exact) mass is 343 g/mol. The van der Waals surface area contributed by atoms with Gasteiger partial charge >= 0.3 is 0 Å². The Balaban J connectivity index is 1.53. The predicted molar refractivity (Wildman–Crippen MR) is 102 cm³/mol. The molecule has 25 heavy (non-hydrogen) atoms. The molecule has 0 N–H and O–H groups in total. The van der Waals surface area contributed by atoms with Crippen LogP contribution in [0.4, 0.5) is 0 Å². The van der Waals surface area contributed by atoms with E-state index in [0.29, 0.717) is 11.9 Å². The van der Waals surface area contributed by atoms with Crippen molar-refractivity contribution in [3.63, 3.8) is 0 Å². The standard InChI is InChI=1S/C21H33N3O/c1-2-12-23(15-16-24-14-7-11-21(24)25)20-10-6-13-22(18-20)17-19-8-4-3-5-9-19/h3-5,8-9,20H,2,6-7,10-18H2,1H3. The average molecular weight is 344 g/mol. The quantitative estimate of drug-likeness (QED) is 0.726. The molecule has 1 unspecified atom stereocenters. The van der Waals surface area contributed by atoms with Crippen molar-refractivity contribution in [2.24, 2.45) is 0 Å². The van der Waals surface area contributed by atoms with E-state index in [9.17, 15) is 4.79 Å². The van der Waals surface area contributed by atoms with Gasteiger partial charge in [-0.25, -0.2) is 0 Å². The number of carbonyl (C=O) groups is 1. The number of carbonyl (C=O) groups excluding carboxylic acids is 1. The average Bonchev–Trinajstić information content (AvgIpc) is 3.05. The van der Waals surface area contributed by atoms with Crippen molar-refractivity contribution >= 4 is 5.91 Å². The molecule has 3 rings (SSSR count). The van der Waals surface area contributed by atoms with Gasteiger partial charge in [-0.1, -0.05) is 37.3 Å². The van der Waals surface area contributed by atoms with Gasteiger partial charge in [0.25, 0.3) is 0 Å². The lowest BCUT2D eigenvalue weighted by Gasteiger charge is -2.40. The van der Waals surface area contributed by atoms with Crippen molar-refractivity contribution in [1.82, 2.24) is 14.7 Å². The first-order chi connectivity index (χ1) is 12.3. The Morgan fingerprint density at radius 1 is 1.12 bits per heavy atom. The molecule has 0 bridgehead atoms. The third-order valence-corrected chi connectivity index (χ3v) is 5.59. The van der Waals surface area contributed by atoms with Crippen LogP contribution in [0.25, 0.3) is 0 Å². The van der Waals surface area contributed by atoms with E-state index in [2.05, 4.69) is 52.0 Å². The van der Waals surface area contributed by atoms with Crippen molar-refractivity contribution in [3.8, 4) is 0 Å². The zero-order chi connectivity index (χ0) is 17.5. The summed E-state index contributed by atoms with van der Waals surface area (Å²) in [5.41, 5.74) is 1.41. The summed E-state index contributed by atoms with van der Waals surface area (Å²) < 4.78 is 0. The molecule has 4 heteroatoms. The van der Waals surface area contributed by atoms with Crippen molar-refractivity contribution in [2.75, 3.05) is 39.3 Å². The van der Waals surface area contributed by atoms with Crippen molar-refractivity contribution in [1.29, 1.82) is 0 Å². The molecule has 1 atom stereocenters. The van der Waals surface area contributed by atoms with E-state index in [1.807, 2.05) is 0 Å². The number of benzene rings is 1. The van der Waals surface area contributed by atoms with Crippen LogP contribution in [0.5, 0.6) is 0 Å². The molecule has 2 fully saturated rings. The van der Waals surface area contributed by atoms with Crippen molar-refractivity contribution in [2.45, 2.75) is 51.6 Å². The second kappa shape index (κ2) is 9.35. The van der Waals surface area contributed by atoms with Gasteiger partial charge in [-0.05, 0) is 44.3 Å². The molecular formula is C21H33N3O. The second-order valence-electron chi connectivity index (χ2n) is 7.54. The van der Waals surface area contributed by atoms with E-state index >= 15 is 0 Å². The Morgan fingerprint density at radius 3 is 2.68 bits per heavy atom. The summed E-state index contributed by atoms with van der Waals surface area (Å²) in [6.07, 6.45) is 5.55. The normalized spacial score (nSPS) is 22.1. The molecule has 0 radical (unpaired) electrons. The molecule has 0 saturated carbocycles. The van der Waals surface area contributed by atoms with Gasteiger partial charge in [0.2, 0.25) is 5.91 Å². The molecule has 1 aromatic rings. The zero-order valence-corrected chi connectivity index (χ0v) is 15.7. The first-order valence-corrected chi connectivity index (χ1v) is 10.0. The SMILES string of the molecule is CCCN(CCN1CCCC1=O)C1CCCN(Cc2ccccc2)C1. The maximum absolute atomic E-state index is 11.9. The molecule has 4 nitrogen and oxygen atoms in total. The summed E-state index contributed by atoms with van der Waals surface area (Å²) in [6.45, 7) is 9.73. The lowest BCUT2D eigenvalue weighted by Crippen LogP contribution is -2.50. The van der Waals surface area contributed by atoms with Gasteiger partial charge in [-0.15, -0.1) is 0 Å². The fraction of sp³-hybridized carbons (Fsp3) is 0.667. The Hall–Kier alpha value is -1.39. The van der Waals surface area contributed by atoms with Crippen LogP contribution in [0.2, 0.25) is 0 Å². The molecule has 2 heterocycles. The fourth-order valence-electron chi connectivity index (χ4n) is 4.27. The number of nitrogens with zero attached hydrogens (tertiary/aromatic N) is 3. The third-order valence-electron chi connectivity index (χ3n) is 5.59. The van der Waals surface area contributed by atoms with E-state index in [1.54, 1.807) is 0 Å². The zero-order valence-electron chi connectivity index (χ0n) is 15.7. The topological polar surface area (TPSA) is 26.8 Å². The Bertz CT molecular complexity index is 533. The molecule has 0 aromatic heterocycles. The summed E-state index contributed by atoms with van der Waals surface area (Å²) >= 11 is 0. The van der Waals surface area contributed by atoms with Crippen LogP contribution in [0.15, 0.2) is 30.3 Å². The fourth-order valence-corrected chi connectivity index (χ4v) is 4.27. The maximum atomic E-state index is 11.9. The Labute approximate surface area is 152 Å². The lowest BCUT2D eigenvalue weighted by atomic mass is 10.0. The highest BCUT2D eigenvalue weighted by molar-refractivity contribution is 5.78. The van der Waals surface area contributed by atoms with Gasteiger partial charge in [-0.3, -0.25) is 14.6 Å². The molecule has 0 spiro atoms. The number of hydrogen-bond acceptors (Lipinski definition) is 3. The summed E-state index contributed by atoms with van der Waals surface area (Å²) in [5.74, 6) is 0.353. The number of rotatable bonds is 8. The van der Waals surface area contributed by atoms with Crippen molar-refractivity contribution in [3.05, 3.63) is 35.9 Å². The number of likely N-dealkylation sites (tertiary alicyclic amines) is 2. The van der Waals surface area contributed by atoms with Gasteiger partial charge in [-0.2, -0.15) is 0 Å². The summed E-state index contributed by atoms with van der Waals surface area (Å²) in [4.78, 5) is 19.2. The minimum atomic E-state index is 0.353. The minimum Gasteiger partial charge on any atom is -0.341 e. The van der Waals surface area contributed by atoms with Gasteiger partial charge in [0.15, 0.2) is 0 Å². The van der Waals surface area contributed by atoms with Crippen LogP contribution < -0.4 is 0 Å². The van der Waals surface area contributed by atoms with Gasteiger partial charge in [0.1, 0.15) is 0 Å². The minimum absolute atomic E-state index is 0.353. The number of piperidine rings is 1. The highest BCUT2D eigenvalue weighted by atomic mass is 16.2. The van der Waals surface area contributed by atoms with Crippen LogP contribution in [-0.2, 0) is 11.3 Å². The second-order valence-corrected chi connectivity index (χ2v) is 7.54. The van der Waals surface area contributed by atoms with Crippen LogP contribution in [0.1, 0.15) is 44.6 Å². The van der Waals surface area contributed by atoms with E-state index < -0.39 is 0 Å². The van der Waals surface area contributed by atoms with Crippen LogP contribution in [0.3, 0.4) is 0 Å². The first kappa shape index (κ1) is 18.4. The highest BCUT2D eigenvalue weighted by Crippen LogP contribution is 2.19. The first-order valence-electron chi connectivity index (χ1n) is 10.0. The molecule has 2 saturated heterocycles. The van der Waals surface area contributed by atoms with Gasteiger partial charge in [0, 0.05) is 45.2 Å².